The van der Waals surface area contributed by atoms with E-state index in [2.05, 4.69) is 20.2 Å². The van der Waals surface area contributed by atoms with Crippen LogP contribution in [-0.4, -0.2) is 21.5 Å². The van der Waals surface area contributed by atoms with Gasteiger partial charge in [-0.3, -0.25) is 4.90 Å². The van der Waals surface area contributed by atoms with Gasteiger partial charge in [-0.25, -0.2) is 0 Å². The van der Waals surface area contributed by atoms with Gasteiger partial charge in [-0.2, -0.15) is 9.97 Å². The molecule has 20 heavy (non-hydrogen) atoms. The molecule has 7 heteroatoms. The van der Waals surface area contributed by atoms with Gasteiger partial charge in [-0.05, 0) is 17.7 Å². The topological polar surface area (TPSA) is 93.1 Å². The first kappa shape index (κ1) is 13.0. The molecule has 0 unspecified atom stereocenters. The summed E-state index contributed by atoms with van der Waals surface area (Å²) in [6.45, 7) is 2.18. The molecule has 1 aliphatic rings. The number of nitrogens with zero attached hydrogens (tertiary/aromatic N) is 3. The summed E-state index contributed by atoms with van der Waals surface area (Å²) in [5.41, 5.74) is 13.6. The lowest BCUT2D eigenvalue weighted by Crippen LogP contribution is -2.34. The standard InChI is InChI=1S/C13H15ClN6/c14-9-3-1-8(2-4-9)5-20-6-10-11(15)18-13(16)19-12(10)17-7-20/h1-4H,5-7H2,(H5,15,16,17,18,19). The van der Waals surface area contributed by atoms with E-state index >= 15 is 0 Å². The molecule has 5 N–H and O–H groups in total. The molecular weight excluding hydrogens is 276 g/mol. The molecule has 1 aromatic carbocycles. The van der Waals surface area contributed by atoms with Crippen molar-refractivity contribution in [2.24, 2.45) is 0 Å². The van der Waals surface area contributed by atoms with Crippen LogP contribution >= 0.6 is 11.6 Å². The quantitative estimate of drug-likeness (QED) is 0.779. The van der Waals surface area contributed by atoms with Crippen LogP contribution in [0.5, 0.6) is 0 Å². The molecule has 0 bridgehead atoms. The van der Waals surface area contributed by atoms with Crippen molar-refractivity contribution in [3.8, 4) is 0 Å². The van der Waals surface area contributed by atoms with Crippen molar-refractivity contribution in [2.75, 3.05) is 23.5 Å². The lowest BCUT2D eigenvalue weighted by Gasteiger charge is -2.29. The van der Waals surface area contributed by atoms with Gasteiger partial charge in [-0.15, -0.1) is 0 Å². The van der Waals surface area contributed by atoms with E-state index < -0.39 is 0 Å². The van der Waals surface area contributed by atoms with Crippen LogP contribution in [0.4, 0.5) is 17.6 Å². The van der Waals surface area contributed by atoms with Gasteiger partial charge in [0.25, 0.3) is 0 Å². The summed E-state index contributed by atoms with van der Waals surface area (Å²) in [7, 11) is 0. The molecule has 0 saturated carbocycles. The molecule has 6 nitrogen and oxygen atoms in total. The minimum Gasteiger partial charge on any atom is -0.383 e. The highest BCUT2D eigenvalue weighted by Crippen LogP contribution is 2.26. The van der Waals surface area contributed by atoms with Crippen LogP contribution in [-0.2, 0) is 13.1 Å². The van der Waals surface area contributed by atoms with Crippen molar-refractivity contribution >= 4 is 29.2 Å². The predicted octanol–water partition coefficient (Wildman–Crippen LogP) is 1.68. The van der Waals surface area contributed by atoms with Crippen LogP contribution in [0.1, 0.15) is 11.1 Å². The van der Waals surface area contributed by atoms with Crippen molar-refractivity contribution in [1.29, 1.82) is 0 Å². The van der Waals surface area contributed by atoms with Crippen molar-refractivity contribution in [3.05, 3.63) is 40.4 Å². The lowest BCUT2D eigenvalue weighted by molar-refractivity contribution is 0.266. The Hall–Kier alpha value is -2.05. The number of fused-ring (bicyclic) bond motifs is 1. The first-order valence-electron chi connectivity index (χ1n) is 6.24. The Bertz CT molecular complexity index is 628. The molecule has 0 amide bonds. The zero-order valence-electron chi connectivity index (χ0n) is 10.8. The zero-order chi connectivity index (χ0) is 14.1. The summed E-state index contributed by atoms with van der Waals surface area (Å²) in [5.74, 6) is 1.35. The molecule has 0 fully saturated rings. The summed E-state index contributed by atoms with van der Waals surface area (Å²) in [4.78, 5) is 10.4. The van der Waals surface area contributed by atoms with Gasteiger partial charge in [0.15, 0.2) is 0 Å². The Morgan fingerprint density at radius 2 is 1.95 bits per heavy atom. The van der Waals surface area contributed by atoms with E-state index in [-0.39, 0.29) is 5.95 Å². The van der Waals surface area contributed by atoms with Gasteiger partial charge < -0.3 is 16.8 Å². The second-order valence-corrected chi connectivity index (χ2v) is 5.18. The Balaban J connectivity index is 1.77. The number of aromatic nitrogens is 2. The van der Waals surface area contributed by atoms with Gasteiger partial charge in [0.1, 0.15) is 11.6 Å². The summed E-state index contributed by atoms with van der Waals surface area (Å²) < 4.78 is 0. The normalized spacial score (nSPS) is 14.7. The van der Waals surface area contributed by atoms with Gasteiger partial charge in [0.05, 0.1) is 12.2 Å². The molecule has 2 heterocycles. The minimum absolute atomic E-state index is 0.194. The fraction of sp³-hybridized carbons (Fsp3) is 0.231. The van der Waals surface area contributed by atoms with Crippen LogP contribution in [0.15, 0.2) is 24.3 Å². The molecule has 104 valence electrons. The number of rotatable bonds is 2. The van der Waals surface area contributed by atoms with Gasteiger partial charge in [0.2, 0.25) is 5.95 Å². The molecule has 1 aliphatic heterocycles. The summed E-state index contributed by atoms with van der Waals surface area (Å²) >= 11 is 5.89. The predicted molar refractivity (Wildman–Crippen MR) is 80.0 cm³/mol. The second-order valence-electron chi connectivity index (χ2n) is 4.74. The Labute approximate surface area is 121 Å². The summed E-state index contributed by atoms with van der Waals surface area (Å²) in [5, 5.41) is 3.95. The molecular formula is C13H15ClN6. The maximum Gasteiger partial charge on any atom is 0.223 e. The average Bonchev–Trinajstić information content (AvgIpc) is 2.42. The van der Waals surface area contributed by atoms with E-state index in [1.807, 2.05) is 24.3 Å². The van der Waals surface area contributed by atoms with Crippen molar-refractivity contribution < 1.29 is 0 Å². The Kier molecular flexibility index (Phi) is 3.33. The van der Waals surface area contributed by atoms with Crippen LogP contribution in [0, 0.1) is 0 Å². The maximum atomic E-state index is 5.90. The number of benzene rings is 1. The molecule has 0 radical (unpaired) electrons. The van der Waals surface area contributed by atoms with Crippen LogP contribution in [0.2, 0.25) is 5.02 Å². The van der Waals surface area contributed by atoms with Crippen LogP contribution in [0.25, 0.3) is 0 Å². The number of hydrogen-bond acceptors (Lipinski definition) is 6. The zero-order valence-corrected chi connectivity index (χ0v) is 11.6. The SMILES string of the molecule is Nc1nc(N)c2c(n1)NCN(Cc1ccc(Cl)cc1)C2. The smallest absolute Gasteiger partial charge is 0.223 e. The molecule has 3 rings (SSSR count). The maximum absolute atomic E-state index is 5.90. The number of nitrogen functional groups attached to an aromatic ring is 2. The number of nitrogens with two attached hydrogens (primary N) is 2. The third-order valence-corrected chi connectivity index (χ3v) is 3.48. The molecule has 0 atom stereocenters. The van der Waals surface area contributed by atoms with E-state index in [4.69, 9.17) is 23.1 Å². The van der Waals surface area contributed by atoms with E-state index in [1.54, 1.807) is 0 Å². The van der Waals surface area contributed by atoms with Gasteiger partial charge in [0, 0.05) is 18.1 Å². The van der Waals surface area contributed by atoms with Gasteiger partial charge in [-0.1, -0.05) is 23.7 Å². The highest BCUT2D eigenvalue weighted by atomic mass is 35.5. The van der Waals surface area contributed by atoms with E-state index in [1.165, 1.54) is 5.56 Å². The Morgan fingerprint density at radius 3 is 2.70 bits per heavy atom. The van der Waals surface area contributed by atoms with Crippen LogP contribution in [0.3, 0.4) is 0 Å². The number of anilines is 3. The molecule has 0 saturated heterocycles. The Morgan fingerprint density at radius 1 is 1.20 bits per heavy atom. The highest BCUT2D eigenvalue weighted by molar-refractivity contribution is 6.30. The largest absolute Gasteiger partial charge is 0.383 e. The minimum atomic E-state index is 0.194. The van der Waals surface area contributed by atoms with E-state index in [0.717, 1.165) is 22.9 Å². The van der Waals surface area contributed by atoms with E-state index in [0.29, 0.717) is 19.0 Å². The number of nitrogens with one attached hydrogen (secondary N) is 1. The highest BCUT2D eigenvalue weighted by Gasteiger charge is 2.20. The summed E-state index contributed by atoms with van der Waals surface area (Å²) in [6, 6.07) is 7.81. The van der Waals surface area contributed by atoms with Crippen molar-refractivity contribution in [3.63, 3.8) is 0 Å². The lowest BCUT2D eigenvalue weighted by atomic mass is 10.1. The second kappa shape index (κ2) is 5.15. The molecule has 1 aromatic heterocycles. The molecule has 2 aromatic rings. The average molecular weight is 291 g/mol. The summed E-state index contributed by atoms with van der Waals surface area (Å²) in [6.07, 6.45) is 0. The number of halogens is 1. The third-order valence-electron chi connectivity index (χ3n) is 3.23. The van der Waals surface area contributed by atoms with Crippen LogP contribution < -0.4 is 16.8 Å². The van der Waals surface area contributed by atoms with Crippen molar-refractivity contribution in [2.45, 2.75) is 13.1 Å². The number of hydrogen-bond donors (Lipinski definition) is 3. The fourth-order valence-electron chi connectivity index (χ4n) is 2.25. The first-order valence-corrected chi connectivity index (χ1v) is 6.62. The fourth-order valence-corrected chi connectivity index (χ4v) is 2.37. The monoisotopic (exact) mass is 290 g/mol. The molecule has 0 spiro atoms. The van der Waals surface area contributed by atoms with Crippen molar-refractivity contribution in [1.82, 2.24) is 14.9 Å². The molecule has 0 aliphatic carbocycles. The third kappa shape index (κ3) is 2.61. The first-order chi connectivity index (χ1) is 9.61. The van der Waals surface area contributed by atoms with E-state index in [9.17, 15) is 0 Å². The van der Waals surface area contributed by atoms with Gasteiger partial charge >= 0.3 is 0 Å².